The summed E-state index contributed by atoms with van der Waals surface area (Å²) in [5, 5.41) is 2.42. The SMILES string of the molecule is O=C(NCCCCCCCl)c1cccc(C(F)(F)F)c1F. The van der Waals surface area contributed by atoms with E-state index in [2.05, 4.69) is 5.32 Å². The van der Waals surface area contributed by atoms with Crippen LogP contribution in [0.5, 0.6) is 0 Å². The van der Waals surface area contributed by atoms with Crippen LogP contribution in [-0.2, 0) is 6.18 Å². The van der Waals surface area contributed by atoms with E-state index in [9.17, 15) is 22.4 Å². The molecular formula is C14H16ClF4NO. The quantitative estimate of drug-likeness (QED) is 0.450. The predicted octanol–water partition coefficient (Wildman–Crippen LogP) is 4.37. The van der Waals surface area contributed by atoms with Crippen LogP contribution in [-0.4, -0.2) is 18.3 Å². The number of amides is 1. The van der Waals surface area contributed by atoms with Crippen molar-refractivity contribution in [2.75, 3.05) is 12.4 Å². The van der Waals surface area contributed by atoms with E-state index >= 15 is 0 Å². The standard InChI is InChI=1S/C14H16ClF4NO/c15-8-3-1-2-4-9-20-13(21)10-6-5-7-11(12(10)16)14(17,18)19/h5-7H,1-4,8-9H2,(H,20,21). The monoisotopic (exact) mass is 325 g/mol. The van der Waals surface area contributed by atoms with E-state index in [1.165, 1.54) is 0 Å². The van der Waals surface area contributed by atoms with Crippen molar-refractivity contribution in [1.29, 1.82) is 0 Å². The van der Waals surface area contributed by atoms with Gasteiger partial charge in [-0.3, -0.25) is 4.79 Å². The molecule has 0 aromatic heterocycles. The molecule has 0 atom stereocenters. The molecule has 0 aliphatic heterocycles. The van der Waals surface area contributed by atoms with Crippen LogP contribution in [0, 0.1) is 5.82 Å². The molecule has 0 aliphatic carbocycles. The fourth-order valence-electron chi connectivity index (χ4n) is 1.80. The Balaban J connectivity index is 2.59. The molecule has 0 fully saturated rings. The summed E-state index contributed by atoms with van der Waals surface area (Å²) in [7, 11) is 0. The van der Waals surface area contributed by atoms with Crippen molar-refractivity contribution in [3.8, 4) is 0 Å². The minimum Gasteiger partial charge on any atom is -0.352 e. The van der Waals surface area contributed by atoms with Gasteiger partial charge in [0.05, 0.1) is 11.1 Å². The molecular weight excluding hydrogens is 310 g/mol. The van der Waals surface area contributed by atoms with Crippen molar-refractivity contribution in [2.45, 2.75) is 31.9 Å². The number of alkyl halides is 4. The lowest BCUT2D eigenvalue weighted by atomic mass is 10.1. The van der Waals surface area contributed by atoms with Crippen molar-refractivity contribution >= 4 is 17.5 Å². The molecule has 0 aliphatic rings. The fourth-order valence-corrected chi connectivity index (χ4v) is 1.99. The first-order chi connectivity index (χ1) is 9.88. The van der Waals surface area contributed by atoms with E-state index in [0.717, 1.165) is 31.4 Å². The van der Waals surface area contributed by atoms with E-state index in [-0.39, 0.29) is 6.54 Å². The molecule has 1 aromatic carbocycles. The molecule has 0 radical (unpaired) electrons. The summed E-state index contributed by atoms with van der Waals surface area (Å²) < 4.78 is 51.3. The minimum atomic E-state index is -4.82. The molecule has 118 valence electrons. The van der Waals surface area contributed by atoms with Gasteiger partial charge in [0.15, 0.2) is 0 Å². The molecule has 1 rings (SSSR count). The van der Waals surface area contributed by atoms with Crippen molar-refractivity contribution in [3.63, 3.8) is 0 Å². The van der Waals surface area contributed by atoms with Crippen molar-refractivity contribution in [2.24, 2.45) is 0 Å². The topological polar surface area (TPSA) is 29.1 Å². The summed E-state index contributed by atoms with van der Waals surface area (Å²) in [6.07, 6.45) is -1.52. The molecule has 0 spiro atoms. The average Bonchev–Trinajstić information content (AvgIpc) is 2.41. The maximum absolute atomic E-state index is 13.7. The number of halogens is 5. The maximum Gasteiger partial charge on any atom is 0.419 e. The second-order valence-electron chi connectivity index (χ2n) is 4.52. The van der Waals surface area contributed by atoms with Gasteiger partial charge in [-0.1, -0.05) is 18.9 Å². The molecule has 0 saturated heterocycles. The van der Waals surface area contributed by atoms with Crippen LogP contribution in [0.4, 0.5) is 17.6 Å². The van der Waals surface area contributed by atoms with Gasteiger partial charge in [-0.15, -0.1) is 11.6 Å². The Bertz CT molecular complexity index is 477. The van der Waals surface area contributed by atoms with Crippen LogP contribution < -0.4 is 5.32 Å². The number of carbonyl (C=O) groups excluding carboxylic acids is 1. The van der Waals surface area contributed by atoms with Gasteiger partial charge in [-0.25, -0.2) is 4.39 Å². The summed E-state index contributed by atoms with van der Waals surface area (Å²) in [6, 6.07) is 2.66. The second kappa shape index (κ2) is 8.22. The van der Waals surface area contributed by atoms with E-state index in [4.69, 9.17) is 11.6 Å². The van der Waals surface area contributed by atoms with Gasteiger partial charge in [-0.05, 0) is 25.0 Å². The second-order valence-corrected chi connectivity index (χ2v) is 4.90. The van der Waals surface area contributed by atoms with E-state index in [1.807, 2.05) is 0 Å². The van der Waals surface area contributed by atoms with Gasteiger partial charge in [-0.2, -0.15) is 13.2 Å². The highest BCUT2D eigenvalue weighted by atomic mass is 35.5. The zero-order chi connectivity index (χ0) is 15.9. The Hall–Kier alpha value is -1.30. The number of carbonyl (C=O) groups is 1. The van der Waals surface area contributed by atoms with Crippen molar-refractivity contribution in [3.05, 3.63) is 35.1 Å². The Morgan fingerprint density at radius 2 is 1.81 bits per heavy atom. The first kappa shape index (κ1) is 17.8. The number of hydrogen-bond acceptors (Lipinski definition) is 1. The van der Waals surface area contributed by atoms with E-state index in [1.54, 1.807) is 0 Å². The zero-order valence-corrected chi connectivity index (χ0v) is 12.0. The van der Waals surface area contributed by atoms with Gasteiger partial charge in [0.2, 0.25) is 0 Å². The van der Waals surface area contributed by atoms with Gasteiger partial charge < -0.3 is 5.32 Å². The zero-order valence-electron chi connectivity index (χ0n) is 11.3. The van der Waals surface area contributed by atoms with Crippen molar-refractivity contribution < 1.29 is 22.4 Å². The van der Waals surface area contributed by atoms with Gasteiger partial charge in [0, 0.05) is 12.4 Å². The summed E-state index contributed by atoms with van der Waals surface area (Å²) in [4.78, 5) is 11.7. The molecule has 7 heteroatoms. The van der Waals surface area contributed by atoms with Gasteiger partial charge in [0.1, 0.15) is 5.82 Å². The fraction of sp³-hybridized carbons (Fsp3) is 0.500. The third-order valence-electron chi connectivity index (χ3n) is 2.89. The van der Waals surface area contributed by atoms with Crippen LogP contribution >= 0.6 is 11.6 Å². The predicted molar refractivity (Wildman–Crippen MR) is 72.9 cm³/mol. The molecule has 0 saturated carbocycles. The highest BCUT2D eigenvalue weighted by Gasteiger charge is 2.35. The number of hydrogen-bond donors (Lipinski definition) is 1. The molecule has 2 nitrogen and oxygen atoms in total. The van der Waals surface area contributed by atoms with Gasteiger partial charge in [0.25, 0.3) is 5.91 Å². The summed E-state index contributed by atoms with van der Waals surface area (Å²) in [5.74, 6) is -1.80. The van der Waals surface area contributed by atoms with Crippen LogP contribution in [0.25, 0.3) is 0 Å². The first-order valence-corrected chi connectivity index (χ1v) is 7.11. The molecule has 0 unspecified atom stereocenters. The third-order valence-corrected chi connectivity index (χ3v) is 3.16. The van der Waals surface area contributed by atoms with Crippen LogP contribution in [0.3, 0.4) is 0 Å². The average molecular weight is 326 g/mol. The lowest BCUT2D eigenvalue weighted by molar-refractivity contribution is -0.140. The molecule has 0 heterocycles. The highest BCUT2D eigenvalue weighted by molar-refractivity contribution is 6.17. The van der Waals surface area contributed by atoms with Crippen LogP contribution in [0.15, 0.2) is 18.2 Å². The summed E-state index contributed by atoms with van der Waals surface area (Å²) in [6.45, 7) is 0.288. The van der Waals surface area contributed by atoms with Gasteiger partial charge >= 0.3 is 6.18 Å². The summed E-state index contributed by atoms with van der Waals surface area (Å²) >= 11 is 5.51. The van der Waals surface area contributed by atoms with Crippen LogP contribution in [0.2, 0.25) is 0 Å². The largest absolute Gasteiger partial charge is 0.419 e. The Morgan fingerprint density at radius 1 is 1.14 bits per heavy atom. The summed E-state index contributed by atoms with van der Waals surface area (Å²) in [5.41, 5.74) is -2.03. The smallest absolute Gasteiger partial charge is 0.352 e. The highest BCUT2D eigenvalue weighted by Crippen LogP contribution is 2.32. The van der Waals surface area contributed by atoms with Crippen molar-refractivity contribution in [1.82, 2.24) is 5.32 Å². The first-order valence-electron chi connectivity index (χ1n) is 6.57. The maximum atomic E-state index is 13.7. The number of unbranched alkanes of at least 4 members (excludes halogenated alkanes) is 3. The molecule has 1 amide bonds. The number of rotatable bonds is 7. The normalized spacial score (nSPS) is 11.5. The minimum absolute atomic E-state index is 0.288. The lowest BCUT2D eigenvalue weighted by Gasteiger charge is -2.11. The Labute approximate surface area is 125 Å². The number of benzene rings is 1. The third kappa shape index (κ3) is 5.53. The Morgan fingerprint density at radius 3 is 2.43 bits per heavy atom. The molecule has 1 N–H and O–H groups in total. The molecule has 21 heavy (non-hydrogen) atoms. The number of nitrogens with one attached hydrogen (secondary N) is 1. The molecule has 0 bridgehead atoms. The lowest BCUT2D eigenvalue weighted by Crippen LogP contribution is -2.26. The Kier molecular flexibility index (Phi) is 6.95. The van der Waals surface area contributed by atoms with Crippen LogP contribution in [0.1, 0.15) is 41.6 Å². The molecule has 1 aromatic rings. The van der Waals surface area contributed by atoms with E-state index in [0.29, 0.717) is 18.4 Å². The van der Waals surface area contributed by atoms with E-state index < -0.39 is 29.0 Å².